The van der Waals surface area contributed by atoms with Crippen LogP contribution < -0.4 is 0 Å². The Morgan fingerprint density at radius 3 is 2.00 bits per heavy atom. The summed E-state index contributed by atoms with van der Waals surface area (Å²) >= 11 is 3.62. The van der Waals surface area contributed by atoms with Crippen molar-refractivity contribution in [2.24, 2.45) is 0 Å². The molecule has 0 radical (unpaired) electrons. The van der Waals surface area contributed by atoms with Gasteiger partial charge in [0.05, 0.1) is 22.8 Å². The van der Waals surface area contributed by atoms with E-state index in [4.69, 9.17) is 4.98 Å². The smallest absolute Gasteiger partial charge is 0.116 e. The number of phenols is 1. The number of benzene rings is 1. The lowest BCUT2D eigenvalue weighted by molar-refractivity contribution is 0.475. The molecule has 0 saturated heterocycles. The van der Waals surface area contributed by atoms with Crippen molar-refractivity contribution < 1.29 is 5.11 Å². The largest absolute Gasteiger partial charge is 0.508 e. The van der Waals surface area contributed by atoms with Crippen LogP contribution in [-0.4, -0.2) is 25.0 Å². The summed E-state index contributed by atoms with van der Waals surface area (Å²) in [7, 11) is 0. The Labute approximate surface area is 192 Å². The Hall–Kier alpha value is -3.90. The van der Waals surface area contributed by atoms with E-state index < -0.39 is 0 Å². The molecule has 3 N–H and O–H groups in total. The molecule has 6 rings (SSSR count). The molecule has 3 aromatic heterocycles. The first-order valence-corrected chi connectivity index (χ1v) is 11.0. The number of phenolic OH excluding ortho intramolecular Hbond substituents is 1. The topological polar surface area (TPSA) is 77.6 Å². The van der Waals surface area contributed by atoms with E-state index in [1.165, 1.54) is 0 Å². The molecule has 0 unspecified atom stereocenters. The van der Waals surface area contributed by atoms with E-state index >= 15 is 0 Å². The molecule has 0 spiro atoms. The minimum Gasteiger partial charge on any atom is -0.508 e. The third-order valence-corrected chi connectivity index (χ3v) is 6.10. The normalized spacial score (nSPS) is 12.4. The number of hydrogen-bond donors (Lipinski definition) is 3. The summed E-state index contributed by atoms with van der Waals surface area (Å²) < 4.78 is 0.903. The summed E-state index contributed by atoms with van der Waals surface area (Å²) in [6.07, 6.45) is 7.97. The highest BCUT2D eigenvalue weighted by atomic mass is 79.9. The van der Waals surface area contributed by atoms with Crippen molar-refractivity contribution in [3.05, 3.63) is 87.9 Å². The second-order valence-corrected chi connectivity index (χ2v) is 8.61. The molecular weight excluding hydrogens is 464 g/mol. The maximum atomic E-state index is 10.1. The van der Waals surface area contributed by atoms with Crippen LogP contribution in [0, 0.1) is 0 Å². The highest BCUT2D eigenvalue weighted by Crippen LogP contribution is 2.35. The number of aromatic nitrogens is 4. The van der Waals surface area contributed by atoms with Crippen LogP contribution >= 0.6 is 15.9 Å². The molecule has 0 amide bonds. The Bertz CT molecular complexity index is 1610. The summed E-state index contributed by atoms with van der Waals surface area (Å²) in [5, 5.41) is 10.1. The summed E-state index contributed by atoms with van der Waals surface area (Å²) in [5.41, 5.74) is 9.14. The van der Waals surface area contributed by atoms with Gasteiger partial charge in [0.2, 0.25) is 0 Å². The molecule has 4 aromatic rings. The average Bonchev–Trinajstić information content (AvgIpc) is 3.55. The highest BCUT2D eigenvalue weighted by Gasteiger charge is 2.10. The number of aromatic hydroxyl groups is 1. The third-order valence-electron chi connectivity index (χ3n) is 5.41. The maximum absolute atomic E-state index is 10.1. The molecule has 1 aromatic carbocycles. The van der Waals surface area contributed by atoms with Gasteiger partial charge < -0.3 is 15.1 Å². The molecular formula is C26H17BrN4O. The van der Waals surface area contributed by atoms with Crippen LogP contribution in [0.5, 0.6) is 5.75 Å². The summed E-state index contributed by atoms with van der Waals surface area (Å²) in [6, 6.07) is 19.5. The fourth-order valence-electron chi connectivity index (χ4n) is 3.96. The van der Waals surface area contributed by atoms with Crippen LogP contribution in [-0.2, 0) is 0 Å². The van der Waals surface area contributed by atoms with Crippen LogP contribution in [0.3, 0.4) is 0 Å². The van der Waals surface area contributed by atoms with E-state index in [1.54, 1.807) is 12.1 Å². The van der Waals surface area contributed by atoms with Gasteiger partial charge >= 0.3 is 0 Å². The molecule has 154 valence electrons. The van der Waals surface area contributed by atoms with Crippen molar-refractivity contribution in [2.75, 3.05) is 0 Å². The second kappa shape index (κ2) is 7.35. The zero-order valence-electron chi connectivity index (χ0n) is 16.8. The van der Waals surface area contributed by atoms with E-state index in [1.807, 2.05) is 60.7 Å². The first-order chi connectivity index (χ1) is 15.6. The Morgan fingerprint density at radius 2 is 1.25 bits per heavy atom. The van der Waals surface area contributed by atoms with E-state index in [2.05, 4.69) is 43.0 Å². The number of halogens is 1. The number of rotatable bonds is 1. The van der Waals surface area contributed by atoms with Gasteiger partial charge in [0.1, 0.15) is 5.75 Å². The predicted octanol–water partition coefficient (Wildman–Crippen LogP) is 6.79. The van der Waals surface area contributed by atoms with Gasteiger partial charge in [-0.3, -0.25) is 0 Å². The molecule has 5 heterocycles. The van der Waals surface area contributed by atoms with E-state index in [9.17, 15) is 5.11 Å². The first kappa shape index (κ1) is 18.8. The van der Waals surface area contributed by atoms with E-state index in [0.717, 1.165) is 60.4 Å². The summed E-state index contributed by atoms with van der Waals surface area (Å²) in [5.74, 6) is 0.216. The molecule has 0 saturated carbocycles. The van der Waals surface area contributed by atoms with Crippen LogP contribution in [0.15, 0.2) is 65.1 Å². The van der Waals surface area contributed by atoms with Gasteiger partial charge in [0.25, 0.3) is 0 Å². The lowest BCUT2D eigenvalue weighted by Gasteiger charge is -2.03. The fourth-order valence-corrected chi connectivity index (χ4v) is 4.42. The summed E-state index contributed by atoms with van der Waals surface area (Å²) in [4.78, 5) is 16.3. The van der Waals surface area contributed by atoms with Gasteiger partial charge in [0.15, 0.2) is 0 Å². The van der Waals surface area contributed by atoms with Gasteiger partial charge in [-0.15, -0.1) is 0 Å². The van der Waals surface area contributed by atoms with Gasteiger partial charge in [-0.05, 0) is 85.0 Å². The van der Waals surface area contributed by atoms with Crippen molar-refractivity contribution in [3.63, 3.8) is 0 Å². The zero-order chi connectivity index (χ0) is 21.7. The Kier molecular flexibility index (Phi) is 4.33. The van der Waals surface area contributed by atoms with Gasteiger partial charge in [-0.25, -0.2) is 9.97 Å². The molecule has 0 atom stereocenters. The zero-order valence-corrected chi connectivity index (χ0v) is 18.4. The number of nitrogens with zero attached hydrogens (tertiary/aromatic N) is 2. The number of fused-ring (bicyclic) bond motifs is 8. The van der Waals surface area contributed by atoms with Crippen LogP contribution in [0.4, 0.5) is 0 Å². The lowest BCUT2D eigenvalue weighted by atomic mass is 10.1. The van der Waals surface area contributed by atoms with E-state index in [0.29, 0.717) is 0 Å². The lowest BCUT2D eigenvalue weighted by Crippen LogP contribution is -1.80. The van der Waals surface area contributed by atoms with Gasteiger partial charge in [0, 0.05) is 37.7 Å². The van der Waals surface area contributed by atoms with Crippen LogP contribution in [0.2, 0.25) is 0 Å². The van der Waals surface area contributed by atoms with Crippen molar-refractivity contribution in [3.8, 4) is 16.9 Å². The Balaban J connectivity index is 1.69. The number of hydrogen-bond acceptors (Lipinski definition) is 3. The minimum absolute atomic E-state index is 0.216. The average molecular weight is 481 g/mol. The third kappa shape index (κ3) is 3.55. The first-order valence-electron chi connectivity index (χ1n) is 10.2. The minimum atomic E-state index is 0.216. The predicted molar refractivity (Wildman–Crippen MR) is 134 cm³/mol. The number of aromatic amines is 2. The molecule has 0 aliphatic carbocycles. The van der Waals surface area contributed by atoms with Crippen molar-refractivity contribution >= 4 is 62.3 Å². The summed E-state index contributed by atoms with van der Waals surface area (Å²) in [6.45, 7) is 0. The van der Waals surface area contributed by atoms with Crippen molar-refractivity contribution in [1.82, 2.24) is 19.9 Å². The number of H-pyrrole nitrogens is 2. The van der Waals surface area contributed by atoms with Gasteiger partial charge in [-0.1, -0.05) is 15.9 Å². The van der Waals surface area contributed by atoms with Crippen LogP contribution in [0.25, 0.3) is 57.5 Å². The standard InChI is InChI=1S/C26H17BrN4O/c27-25-8-7-22(32)14-23(25)24-12-21-11-19-4-3-17(29-19)9-15-1-2-16(28-15)10-18-5-6-20(30-18)13-26(24)31-21/h1-14,29,31-32H. The molecule has 8 bridgehead atoms. The Morgan fingerprint density at radius 1 is 0.594 bits per heavy atom. The molecule has 2 aliphatic rings. The number of nitrogens with one attached hydrogen (secondary N) is 2. The van der Waals surface area contributed by atoms with Crippen molar-refractivity contribution in [1.29, 1.82) is 0 Å². The maximum Gasteiger partial charge on any atom is 0.116 e. The molecule has 32 heavy (non-hydrogen) atoms. The van der Waals surface area contributed by atoms with E-state index in [-0.39, 0.29) is 5.75 Å². The monoisotopic (exact) mass is 480 g/mol. The molecule has 0 fully saturated rings. The molecule has 6 heteroatoms. The quantitative estimate of drug-likeness (QED) is 0.242. The SMILES string of the molecule is Oc1ccc(Br)c(-c2cc3cc4ccc(cc5nc(cc6nc(cc2[nH]3)C=C6)C=C5)[nH]4)c1. The fraction of sp³-hybridized carbons (Fsp3) is 0. The molecule has 2 aliphatic heterocycles. The van der Waals surface area contributed by atoms with Crippen LogP contribution in [0.1, 0.15) is 22.8 Å². The highest BCUT2D eigenvalue weighted by molar-refractivity contribution is 9.10. The second-order valence-electron chi connectivity index (χ2n) is 7.75. The van der Waals surface area contributed by atoms with Gasteiger partial charge in [-0.2, -0.15) is 0 Å². The van der Waals surface area contributed by atoms with Crippen molar-refractivity contribution in [2.45, 2.75) is 0 Å². The molecule has 5 nitrogen and oxygen atoms in total.